The van der Waals surface area contributed by atoms with Crippen molar-refractivity contribution < 1.29 is 28.7 Å². The van der Waals surface area contributed by atoms with Crippen molar-refractivity contribution in [1.82, 2.24) is 16.0 Å². The largest absolute Gasteiger partial charge is 0.467 e. The molecule has 9 heteroatoms. The summed E-state index contributed by atoms with van der Waals surface area (Å²) in [7, 11) is 1.26. The third-order valence-electron chi connectivity index (χ3n) is 6.17. The number of esters is 1. The molecule has 0 aromatic heterocycles. The SMILES string of the molecule is COC(=O)[C@H](CCCCNC(=O)OCc1ccccc1)NC(=O)[C@H](Cc1ccccc1)NC(=O)C1=CC=CC1. The van der Waals surface area contributed by atoms with Gasteiger partial charge in [0.2, 0.25) is 11.8 Å². The molecule has 39 heavy (non-hydrogen) atoms. The summed E-state index contributed by atoms with van der Waals surface area (Å²) in [6.07, 6.45) is 7.03. The molecule has 1 aliphatic rings. The number of alkyl carbamates (subject to hydrolysis) is 1. The number of carbonyl (C=O) groups excluding carboxylic acids is 4. The molecular weight excluding hydrogens is 498 g/mol. The van der Waals surface area contributed by atoms with Crippen LogP contribution in [-0.2, 0) is 36.9 Å². The normalized spacial score (nSPS) is 13.5. The summed E-state index contributed by atoms with van der Waals surface area (Å²) in [6, 6.07) is 16.9. The van der Waals surface area contributed by atoms with E-state index in [2.05, 4.69) is 16.0 Å². The number of benzene rings is 2. The third kappa shape index (κ3) is 10.1. The van der Waals surface area contributed by atoms with Gasteiger partial charge < -0.3 is 25.4 Å². The first-order valence-electron chi connectivity index (χ1n) is 13.0. The maximum absolute atomic E-state index is 13.3. The molecule has 0 radical (unpaired) electrons. The summed E-state index contributed by atoms with van der Waals surface area (Å²) in [5, 5.41) is 8.24. The maximum atomic E-state index is 13.3. The second-order valence-corrected chi connectivity index (χ2v) is 9.11. The van der Waals surface area contributed by atoms with E-state index in [-0.39, 0.29) is 18.9 Å². The number of nitrogens with one attached hydrogen (secondary N) is 3. The lowest BCUT2D eigenvalue weighted by Crippen LogP contribution is -2.52. The standard InChI is InChI=1S/C30H35N3O6/c1-38-29(36)25(18-10-11-19-31-30(37)39-21-23-14-6-3-7-15-23)32-28(35)26(20-22-12-4-2-5-13-22)33-27(34)24-16-8-9-17-24/h2-9,12-16,25-26H,10-11,17-21H2,1H3,(H,31,37)(H,32,35)(H,33,34)/t25-,26-/m0/s1. The van der Waals surface area contributed by atoms with Gasteiger partial charge in [0.1, 0.15) is 18.7 Å². The number of allylic oxidation sites excluding steroid dienone is 3. The Balaban J connectivity index is 1.49. The summed E-state index contributed by atoms with van der Waals surface area (Å²) in [6.45, 7) is 0.531. The van der Waals surface area contributed by atoms with Crippen LogP contribution in [0.2, 0.25) is 0 Å². The summed E-state index contributed by atoms with van der Waals surface area (Å²) >= 11 is 0. The number of rotatable bonds is 14. The Kier molecular flexibility index (Phi) is 11.8. The van der Waals surface area contributed by atoms with E-state index in [9.17, 15) is 19.2 Å². The highest BCUT2D eigenvalue weighted by Crippen LogP contribution is 2.12. The molecule has 0 saturated heterocycles. The van der Waals surface area contributed by atoms with Gasteiger partial charge in [0, 0.05) is 18.5 Å². The highest BCUT2D eigenvalue weighted by molar-refractivity contribution is 5.98. The summed E-state index contributed by atoms with van der Waals surface area (Å²) in [5.74, 6) is -1.38. The van der Waals surface area contributed by atoms with E-state index in [4.69, 9.17) is 9.47 Å². The van der Waals surface area contributed by atoms with E-state index in [0.717, 1.165) is 11.1 Å². The van der Waals surface area contributed by atoms with Crippen molar-refractivity contribution in [2.75, 3.05) is 13.7 Å². The van der Waals surface area contributed by atoms with Crippen LogP contribution in [-0.4, -0.2) is 49.6 Å². The average Bonchev–Trinajstić information content (AvgIpc) is 3.51. The minimum absolute atomic E-state index is 0.178. The molecule has 0 bridgehead atoms. The van der Waals surface area contributed by atoms with E-state index in [0.29, 0.717) is 37.8 Å². The Morgan fingerprint density at radius 1 is 0.872 bits per heavy atom. The molecule has 0 fully saturated rings. The van der Waals surface area contributed by atoms with E-state index < -0.39 is 30.1 Å². The van der Waals surface area contributed by atoms with E-state index in [1.165, 1.54) is 7.11 Å². The number of ether oxygens (including phenoxy) is 2. The molecule has 2 aromatic rings. The van der Waals surface area contributed by atoms with Crippen LogP contribution in [0.15, 0.2) is 84.5 Å². The first-order chi connectivity index (χ1) is 19.0. The van der Waals surface area contributed by atoms with Gasteiger partial charge in [-0.3, -0.25) is 9.59 Å². The predicted molar refractivity (Wildman–Crippen MR) is 146 cm³/mol. The van der Waals surface area contributed by atoms with Gasteiger partial charge in [0.25, 0.3) is 0 Å². The number of unbranched alkanes of at least 4 members (excludes halogenated alkanes) is 1. The van der Waals surface area contributed by atoms with Crippen molar-refractivity contribution in [2.24, 2.45) is 0 Å². The number of carbonyl (C=O) groups is 4. The molecule has 3 N–H and O–H groups in total. The second-order valence-electron chi connectivity index (χ2n) is 9.11. The van der Waals surface area contributed by atoms with Crippen LogP contribution in [0.3, 0.4) is 0 Å². The van der Waals surface area contributed by atoms with Crippen molar-refractivity contribution >= 4 is 23.9 Å². The number of methoxy groups -OCH3 is 1. The summed E-state index contributed by atoms with van der Waals surface area (Å²) < 4.78 is 10.1. The van der Waals surface area contributed by atoms with Gasteiger partial charge in [-0.25, -0.2) is 9.59 Å². The van der Waals surface area contributed by atoms with Crippen molar-refractivity contribution in [3.05, 3.63) is 95.6 Å². The lowest BCUT2D eigenvalue weighted by Gasteiger charge is -2.23. The van der Waals surface area contributed by atoms with Crippen molar-refractivity contribution in [3.63, 3.8) is 0 Å². The van der Waals surface area contributed by atoms with Gasteiger partial charge in [0.15, 0.2) is 0 Å². The van der Waals surface area contributed by atoms with Crippen molar-refractivity contribution in [1.29, 1.82) is 0 Å². The van der Waals surface area contributed by atoms with Crippen LogP contribution < -0.4 is 16.0 Å². The van der Waals surface area contributed by atoms with Gasteiger partial charge in [-0.15, -0.1) is 0 Å². The molecule has 2 atom stereocenters. The molecular formula is C30H35N3O6. The molecule has 2 aromatic carbocycles. The number of hydrogen-bond acceptors (Lipinski definition) is 6. The van der Waals surface area contributed by atoms with E-state index in [1.807, 2.05) is 66.7 Å². The second kappa shape index (κ2) is 15.8. The lowest BCUT2D eigenvalue weighted by atomic mass is 10.0. The van der Waals surface area contributed by atoms with Gasteiger partial charge in [-0.1, -0.05) is 78.9 Å². The predicted octanol–water partition coefficient (Wildman–Crippen LogP) is 3.35. The Labute approximate surface area is 228 Å². The smallest absolute Gasteiger partial charge is 0.407 e. The Bertz CT molecular complexity index is 1160. The summed E-state index contributed by atoms with van der Waals surface area (Å²) in [4.78, 5) is 50.3. The van der Waals surface area contributed by atoms with Gasteiger partial charge >= 0.3 is 12.1 Å². The minimum atomic E-state index is -0.893. The Hall–Kier alpha value is -4.40. The molecule has 0 unspecified atom stereocenters. The fourth-order valence-corrected chi connectivity index (χ4v) is 4.03. The summed E-state index contributed by atoms with van der Waals surface area (Å²) in [5.41, 5.74) is 2.33. The Morgan fingerprint density at radius 2 is 1.56 bits per heavy atom. The molecule has 3 amide bonds. The lowest BCUT2D eigenvalue weighted by molar-refractivity contribution is -0.145. The van der Waals surface area contributed by atoms with Crippen molar-refractivity contribution in [2.45, 2.75) is 50.8 Å². The van der Waals surface area contributed by atoms with Gasteiger partial charge in [0.05, 0.1) is 7.11 Å². The highest BCUT2D eigenvalue weighted by Gasteiger charge is 2.28. The van der Waals surface area contributed by atoms with Gasteiger partial charge in [-0.2, -0.15) is 0 Å². The van der Waals surface area contributed by atoms with Crippen LogP contribution in [0.4, 0.5) is 4.79 Å². The van der Waals surface area contributed by atoms with Crippen LogP contribution in [0.5, 0.6) is 0 Å². The van der Waals surface area contributed by atoms with E-state index >= 15 is 0 Å². The van der Waals surface area contributed by atoms with Crippen LogP contribution in [0.25, 0.3) is 0 Å². The zero-order chi connectivity index (χ0) is 27.9. The fraction of sp³-hybridized carbons (Fsp3) is 0.333. The minimum Gasteiger partial charge on any atom is -0.467 e. The van der Waals surface area contributed by atoms with E-state index in [1.54, 1.807) is 12.2 Å². The molecule has 3 rings (SSSR count). The molecule has 9 nitrogen and oxygen atoms in total. The highest BCUT2D eigenvalue weighted by atomic mass is 16.5. The number of hydrogen-bond donors (Lipinski definition) is 3. The first-order valence-corrected chi connectivity index (χ1v) is 13.0. The zero-order valence-corrected chi connectivity index (χ0v) is 22.1. The molecule has 0 spiro atoms. The van der Waals surface area contributed by atoms with Crippen LogP contribution in [0, 0.1) is 0 Å². The fourth-order valence-electron chi connectivity index (χ4n) is 4.03. The number of amides is 3. The van der Waals surface area contributed by atoms with Gasteiger partial charge in [-0.05, 0) is 36.8 Å². The van der Waals surface area contributed by atoms with Crippen molar-refractivity contribution in [3.8, 4) is 0 Å². The molecule has 0 heterocycles. The molecule has 0 aliphatic heterocycles. The zero-order valence-electron chi connectivity index (χ0n) is 22.1. The third-order valence-corrected chi connectivity index (χ3v) is 6.17. The monoisotopic (exact) mass is 533 g/mol. The maximum Gasteiger partial charge on any atom is 0.407 e. The Morgan fingerprint density at radius 3 is 2.21 bits per heavy atom. The molecule has 1 aliphatic carbocycles. The molecule has 0 saturated carbocycles. The average molecular weight is 534 g/mol. The first kappa shape index (κ1) is 29.2. The quantitative estimate of drug-likeness (QED) is 0.253. The molecule has 206 valence electrons. The van der Waals surface area contributed by atoms with Crippen LogP contribution in [0.1, 0.15) is 36.8 Å². The topological polar surface area (TPSA) is 123 Å². The van der Waals surface area contributed by atoms with Crippen LogP contribution >= 0.6 is 0 Å².